The molecule has 2 aliphatic heterocycles. The van der Waals surface area contributed by atoms with Crippen molar-refractivity contribution in [1.82, 2.24) is 4.57 Å². The van der Waals surface area contributed by atoms with Crippen LogP contribution in [0.2, 0.25) is 0 Å². The van der Waals surface area contributed by atoms with Gasteiger partial charge in [-0.25, -0.2) is 0 Å². The Morgan fingerprint density at radius 3 is 2.78 bits per heavy atom. The summed E-state index contributed by atoms with van der Waals surface area (Å²) in [4.78, 5) is 24.9. The number of aromatic carboxylic acids is 1. The molecule has 9 heteroatoms. The molecule has 1 unspecified atom stereocenters. The normalized spacial score (nSPS) is 19.0. The second-order valence-electron chi connectivity index (χ2n) is 10.2. The van der Waals surface area contributed by atoms with Crippen molar-refractivity contribution in [2.75, 3.05) is 6.61 Å². The second kappa shape index (κ2) is 11.2. The number of carbonyl (C=O) groups is 1. The zero-order valence-electron chi connectivity index (χ0n) is 21.8. The summed E-state index contributed by atoms with van der Waals surface area (Å²) >= 11 is 1.14. The quantitative estimate of drug-likeness (QED) is 0.239. The smallest absolute Gasteiger partial charge is 0.0583 e. The molecule has 7 nitrogen and oxygen atoms in total. The van der Waals surface area contributed by atoms with Crippen LogP contribution in [0.4, 0.5) is 0 Å². The van der Waals surface area contributed by atoms with Gasteiger partial charge >= 0.3 is 183 Å². The third-order valence-corrected chi connectivity index (χ3v) is 7.97. The monoisotopic (exact) mass is 674 g/mol. The van der Waals surface area contributed by atoms with Crippen LogP contribution in [0.15, 0.2) is 29.2 Å². The molecule has 0 fully saturated rings. The van der Waals surface area contributed by atoms with E-state index in [0.717, 1.165) is 77.6 Å². The number of ether oxygens (including phenoxy) is 1. The van der Waals surface area contributed by atoms with Gasteiger partial charge in [0.25, 0.3) is 0 Å². The van der Waals surface area contributed by atoms with Gasteiger partial charge in [-0.3, -0.25) is 0 Å². The molecule has 37 heavy (non-hydrogen) atoms. The Morgan fingerprint density at radius 2 is 2.11 bits per heavy atom. The van der Waals surface area contributed by atoms with E-state index in [0.29, 0.717) is 24.3 Å². The second-order valence-corrected chi connectivity index (χ2v) is 12.4. The molecule has 0 saturated carbocycles. The number of unbranched alkanes of at least 4 members (excludes halogenated alkanes) is 2. The van der Waals surface area contributed by atoms with Crippen molar-refractivity contribution in [3.63, 3.8) is 0 Å². The number of hydrogen-bond acceptors (Lipinski definition) is 5. The van der Waals surface area contributed by atoms with Crippen molar-refractivity contribution in [3.8, 4) is 5.75 Å². The molecule has 0 aliphatic carbocycles. The topological polar surface area (TPSA) is 98.0 Å². The number of hydrogen-bond donors (Lipinski definition) is 2. The van der Waals surface area contributed by atoms with Gasteiger partial charge < -0.3 is 9.68 Å². The predicted octanol–water partition coefficient (Wildman–Crippen LogP) is 3.77. The number of pyridine rings is 1. The Balaban J connectivity index is 1.47. The number of aromatic nitrogens is 1. The van der Waals surface area contributed by atoms with Crippen LogP contribution in [0.1, 0.15) is 99.5 Å². The average Bonchev–Trinajstić information content (AvgIpc) is 3.18. The van der Waals surface area contributed by atoms with Gasteiger partial charge in [0, 0.05) is 0 Å². The number of fused-ring (bicyclic) bond motifs is 2. The number of nitrogens with zero attached hydrogens (tertiary/aromatic N) is 1. The first kappa shape index (κ1) is 27.7. The Kier molecular flexibility index (Phi) is 8.42. The molecule has 4 rings (SSSR count). The summed E-state index contributed by atoms with van der Waals surface area (Å²) in [5.74, 6) is -0.525. The fraction of sp³-hybridized carbons (Fsp3) is 0.464. The minimum absolute atomic E-state index is 0.104. The summed E-state index contributed by atoms with van der Waals surface area (Å²) in [5, 5.41) is 20.0. The van der Waals surface area contributed by atoms with Crippen LogP contribution in [-0.4, -0.2) is 38.3 Å². The summed E-state index contributed by atoms with van der Waals surface area (Å²) in [5.41, 5.74) is 3.14. The summed E-state index contributed by atoms with van der Waals surface area (Å²) in [6, 6.07) is 5.78. The molecule has 2 aliphatic rings. The first-order valence-corrected chi connectivity index (χ1v) is 14.3. The molecular weight excluding hydrogens is 641 g/mol. The zero-order chi connectivity index (χ0) is 26.9. The van der Waals surface area contributed by atoms with Crippen LogP contribution in [-0.2, 0) is 29.5 Å². The molecule has 0 spiro atoms. The molecule has 2 N–H and O–H groups in total. The molecule has 0 bridgehead atoms. The van der Waals surface area contributed by atoms with E-state index in [9.17, 15) is 19.7 Å². The van der Waals surface area contributed by atoms with Crippen molar-refractivity contribution in [2.45, 2.75) is 77.9 Å². The third-order valence-electron chi connectivity index (χ3n) is 7.24. The predicted molar refractivity (Wildman–Crippen MR) is 140 cm³/mol. The van der Waals surface area contributed by atoms with Crippen molar-refractivity contribution in [1.29, 1.82) is 0 Å². The minimum Gasteiger partial charge on any atom is -0.0583 e. The van der Waals surface area contributed by atoms with Gasteiger partial charge in [0.05, 0.1) is 6.10 Å². The molecule has 0 amide bonds. The molecular formula is C28H33BNO6W-. The van der Waals surface area contributed by atoms with Crippen LogP contribution in [0.25, 0.3) is 5.57 Å². The van der Waals surface area contributed by atoms with Crippen molar-refractivity contribution in [2.24, 2.45) is 0 Å². The average molecular weight is 674 g/mol. The summed E-state index contributed by atoms with van der Waals surface area (Å²) in [6.45, 7) is 8.58. The standard InChI is InChI=1S/C28H33BNO6.W/c1-5-19-25-18(14-15-28(3,4)30(25)17-21(26(19)31)27(32)33)11-8-7-9-16-35-23-13-10-12-20-22(6-2)36-29(34)24(20)23;/h10,12-13,17,22,34H,6-9,14-16H2,1-4H3,(H,32,33);/q-1;. The minimum atomic E-state index is -1.19. The molecule has 1 atom stereocenters. The van der Waals surface area contributed by atoms with Crippen molar-refractivity contribution in [3.05, 3.63) is 63.1 Å². The molecule has 196 valence electrons. The van der Waals surface area contributed by atoms with Gasteiger partial charge in [0.15, 0.2) is 0 Å². The van der Waals surface area contributed by atoms with E-state index >= 15 is 0 Å². The number of allylic oxidation sites excluding steroid dienone is 2. The fourth-order valence-corrected chi connectivity index (χ4v) is 5.88. The first-order chi connectivity index (χ1) is 17.6. The van der Waals surface area contributed by atoms with Crippen LogP contribution in [0.5, 0.6) is 5.75 Å². The van der Waals surface area contributed by atoms with Crippen molar-refractivity contribution >= 4 is 28.0 Å². The Labute approximate surface area is 229 Å². The van der Waals surface area contributed by atoms with Gasteiger partial charge in [0.2, 0.25) is 0 Å². The van der Waals surface area contributed by atoms with Gasteiger partial charge in [-0.1, -0.05) is 19.1 Å². The molecule has 3 heterocycles. The summed E-state index contributed by atoms with van der Waals surface area (Å²) < 4.78 is 14.5. The molecule has 0 radical (unpaired) electrons. The maximum absolute atomic E-state index is 13.1. The van der Waals surface area contributed by atoms with Gasteiger partial charge in [0.1, 0.15) is 0 Å². The van der Waals surface area contributed by atoms with Crippen molar-refractivity contribution < 1.29 is 43.7 Å². The van der Waals surface area contributed by atoms with Crippen LogP contribution < -0.4 is 15.6 Å². The van der Waals surface area contributed by atoms with E-state index in [1.165, 1.54) is 6.20 Å². The molecule has 1 aromatic carbocycles. The van der Waals surface area contributed by atoms with Crippen LogP contribution in [0, 0.1) is 6.08 Å². The van der Waals surface area contributed by atoms with Gasteiger partial charge in [-0.2, -0.15) is 0 Å². The Morgan fingerprint density at radius 1 is 1.35 bits per heavy atom. The number of benzene rings is 1. The van der Waals surface area contributed by atoms with Crippen LogP contribution >= 0.6 is 0 Å². The van der Waals surface area contributed by atoms with Gasteiger partial charge in [-0.05, 0) is 12.0 Å². The van der Waals surface area contributed by atoms with E-state index in [4.69, 9.17) is 9.39 Å². The SMILES string of the molecule is CCC1OB(O)c2c(OCCCC[C-]=C3CCC(C)(C)n4cc(C(=O)O)c(=O)c([C](C)=[W])c43)cccc21. The van der Waals surface area contributed by atoms with E-state index in [1.54, 1.807) is 0 Å². The van der Waals surface area contributed by atoms with E-state index < -0.39 is 18.5 Å². The molecule has 1 aromatic heterocycles. The summed E-state index contributed by atoms with van der Waals surface area (Å²) in [6.07, 6.45) is 9.73. The molecule has 2 aromatic rings. The van der Waals surface area contributed by atoms with E-state index in [2.05, 4.69) is 19.9 Å². The first-order valence-electron chi connectivity index (χ1n) is 12.8. The Hall–Kier alpha value is -2.28. The van der Waals surface area contributed by atoms with Crippen LogP contribution in [0.3, 0.4) is 0 Å². The Bertz CT molecular complexity index is 1310. The van der Waals surface area contributed by atoms with E-state index in [-0.39, 0.29) is 17.2 Å². The number of carboxylic acids is 1. The van der Waals surface area contributed by atoms with Gasteiger partial charge in [-0.15, -0.1) is 0 Å². The third kappa shape index (κ3) is 5.48. The number of rotatable bonds is 9. The fourth-order valence-electron chi connectivity index (χ4n) is 5.20. The van der Waals surface area contributed by atoms with E-state index in [1.807, 2.05) is 36.6 Å². The summed E-state index contributed by atoms with van der Waals surface area (Å²) in [7, 11) is -0.954. The maximum atomic E-state index is 13.1. The molecule has 0 saturated heterocycles. The number of carboxylic acid groups (broad SMARTS) is 1. The zero-order valence-corrected chi connectivity index (χ0v) is 24.7.